The summed E-state index contributed by atoms with van der Waals surface area (Å²) < 4.78 is 5.05. The van der Waals surface area contributed by atoms with Gasteiger partial charge in [-0.1, -0.05) is 24.3 Å². The lowest BCUT2D eigenvalue weighted by atomic mass is 10.1. The highest BCUT2D eigenvalue weighted by atomic mass is 16.5. The molecule has 0 aliphatic heterocycles. The van der Waals surface area contributed by atoms with Gasteiger partial charge in [0.15, 0.2) is 5.78 Å². The van der Waals surface area contributed by atoms with Gasteiger partial charge in [0.25, 0.3) is 0 Å². The highest BCUT2D eigenvalue weighted by Gasteiger charge is 1.93. The number of Topliss-reactive ketones (excluding diaryl/α,β-unsaturated/α-hetero) is 1. The molecule has 0 heterocycles. The first kappa shape index (κ1) is 12.2. The molecule has 0 saturated carbocycles. The van der Waals surface area contributed by atoms with Crippen LogP contribution in [0.25, 0.3) is 6.08 Å². The average molecular weight is 217 g/mol. The maximum absolute atomic E-state index is 10.8. The number of ketones is 1. The minimum atomic E-state index is -0.139. The Morgan fingerprint density at radius 2 is 2.06 bits per heavy atom. The highest BCUT2D eigenvalue weighted by molar-refractivity contribution is 6.26. The summed E-state index contributed by atoms with van der Waals surface area (Å²) in [7, 11) is 1.63. The van der Waals surface area contributed by atoms with Crippen LogP contribution < -0.4 is 4.74 Å². The summed E-state index contributed by atoms with van der Waals surface area (Å²) >= 11 is 0. The molecule has 0 radical (unpaired) electrons. The van der Waals surface area contributed by atoms with Crippen molar-refractivity contribution < 1.29 is 9.53 Å². The lowest BCUT2D eigenvalue weighted by Gasteiger charge is -1.98. The molecule has 3 heteroatoms. The van der Waals surface area contributed by atoms with Crippen molar-refractivity contribution in [1.29, 1.82) is 5.41 Å². The molecule has 0 unspecified atom stereocenters. The molecular formula is C13H15NO2. The number of nitrogens with one attached hydrogen (secondary N) is 1. The predicted octanol–water partition coefficient (Wildman–Crippen LogP) is 2.71. The summed E-state index contributed by atoms with van der Waals surface area (Å²) in [5.41, 5.74) is 1.07. The van der Waals surface area contributed by atoms with E-state index in [1.165, 1.54) is 0 Å². The molecule has 3 nitrogen and oxygen atoms in total. The molecule has 0 aliphatic carbocycles. The van der Waals surface area contributed by atoms with Crippen LogP contribution in [0.4, 0.5) is 0 Å². The van der Waals surface area contributed by atoms with Crippen LogP contribution in [-0.4, -0.2) is 19.1 Å². The lowest BCUT2D eigenvalue weighted by molar-refractivity contribution is -0.112. The number of carbonyl (C=O) groups excluding carboxylic acids is 1. The third-order valence-corrected chi connectivity index (χ3v) is 2.14. The van der Waals surface area contributed by atoms with Crippen LogP contribution in [-0.2, 0) is 4.79 Å². The monoisotopic (exact) mass is 217 g/mol. The Labute approximate surface area is 95.3 Å². The summed E-state index contributed by atoms with van der Waals surface area (Å²) in [5.74, 6) is 0.690. The number of ether oxygens (including phenoxy) is 1. The zero-order valence-electron chi connectivity index (χ0n) is 9.27. The number of allylic oxidation sites excluding steroid dienone is 1. The standard InChI is InChI=1S/C13H15NO2/c1-16-13-8-6-11(7-9-13)4-2-3-5-12(15)10-14/h2,4,6-10,14H,3,5H2,1H3/b4-2+,14-10?. The van der Waals surface area contributed by atoms with Crippen molar-refractivity contribution in [3.8, 4) is 5.75 Å². The van der Waals surface area contributed by atoms with E-state index < -0.39 is 0 Å². The van der Waals surface area contributed by atoms with Crippen LogP contribution in [0.3, 0.4) is 0 Å². The van der Waals surface area contributed by atoms with Gasteiger partial charge in [-0.15, -0.1) is 0 Å². The Morgan fingerprint density at radius 3 is 2.62 bits per heavy atom. The Hall–Kier alpha value is -1.90. The third kappa shape index (κ3) is 4.09. The highest BCUT2D eigenvalue weighted by Crippen LogP contribution is 2.12. The minimum Gasteiger partial charge on any atom is -0.497 e. The van der Waals surface area contributed by atoms with Gasteiger partial charge < -0.3 is 10.1 Å². The fourth-order valence-corrected chi connectivity index (χ4v) is 1.23. The van der Waals surface area contributed by atoms with E-state index in [1.807, 2.05) is 36.4 Å². The summed E-state index contributed by atoms with van der Waals surface area (Å²) in [5, 5.41) is 6.74. The van der Waals surface area contributed by atoms with Crippen LogP contribution in [0.2, 0.25) is 0 Å². The molecule has 0 amide bonds. The number of hydrogen-bond donors (Lipinski definition) is 1. The topological polar surface area (TPSA) is 50.2 Å². The van der Waals surface area contributed by atoms with Crippen LogP contribution in [0.15, 0.2) is 30.3 Å². The van der Waals surface area contributed by atoms with Gasteiger partial charge in [-0.3, -0.25) is 4.79 Å². The zero-order valence-corrected chi connectivity index (χ0v) is 9.27. The van der Waals surface area contributed by atoms with Gasteiger partial charge in [-0.05, 0) is 24.1 Å². The molecule has 84 valence electrons. The summed E-state index contributed by atoms with van der Waals surface area (Å²) in [6.45, 7) is 0. The SMILES string of the molecule is COc1ccc(/C=C/CCC(=O)C=N)cc1. The van der Waals surface area contributed by atoms with Crippen molar-refractivity contribution in [3.05, 3.63) is 35.9 Å². The number of rotatable bonds is 6. The number of hydrogen-bond acceptors (Lipinski definition) is 3. The maximum atomic E-state index is 10.8. The van der Waals surface area contributed by atoms with Crippen molar-refractivity contribution in [2.45, 2.75) is 12.8 Å². The second kappa shape index (κ2) is 6.56. The van der Waals surface area contributed by atoms with Crippen molar-refractivity contribution >= 4 is 18.1 Å². The molecular weight excluding hydrogens is 202 g/mol. The Kier molecular flexibility index (Phi) is 4.99. The molecule has 0 saturated heterocycles. The summed E-state index contributed by atoms with van der Waals surface area (Å²) in [4.78, 5) is 10.8. The largest absolute Gasteiger partial charge is 0.497 e. The molecule has 1 aromatic rings. The predicted molar refractivity (Wildman–Crippen MR) is 65.1 cm³/mol. The molecule has 0 spiro atoms. The van der Waals surface area contributed by atoms with Gasteiger partial charge >= 0.3 is 0 Å². The van der Waals surface area contributed by atoms with Crippen LogP contribution in [0, 0.1) is 5.41 Å². The van der Waals surface area contributed by atoms with Crippen LogP contribution in [0.5, 0.6) is 5.75 Å². The Bertz CT molecular complexity index is 379. The Morgan fingerprint density at radius 1 is 1.38 bits per heavy atom. The molecule has 1 N–H and O–H groups in total. The van der Waals surface area contributed by atoms with Crippen LogP contribution in [0.1, 0.15) is 18.4 Å². The molecule has 1 aromatic carbocycles. The van der Waals surface area contributed by atoms with Crippen molar-refractivity contribution in [1.82, 2.24) is 0 Å². The zero-order chi connectivity index (χ0) is 11.8. The average Bonchev–Trinajstić information content (AvgIpc) is 2.35. The van der Waals surface area contributed by atoms with Crippen molar-refractivity contribution in [3.63, 3.8) is 0 Å². The van der Waals surface area contributed by atoms with Gasteiger partial charge in [0.2, 0.25) is 0 Å². The summed E-state index contributed by atoms with van der Waals surface area (Å²) in [6.07, 6.45) is 5.82. The summed E-state index contributed by atoms with van der Waals surface area (Å²) in [6, 6.07) is 7.69. The molecule has 16 heavy (non-hydrogen) atoms. The first-order valence-electron chi connectivity index (χ1n) is 5.10. The molecule has 1 rings (SSSR count). The maximum Gasteiger partial charge on any atom is 0.173 e. The first-order valence-corrected chi connectivity index (χ1v) is 5.10. The van der Waals surface area contributed by atoms with E-state index in [9.17, 15) is 4.79 Å². The second-order valence-electron chi connectivity index (χ2n) is 3.32. The van der Waals surface area contributed by atoms with E-state index in [0.717, 1.165) is 17.5 Å². The molecule has 0 aromatic heterocycles. The molecule has 0 fully saturated rings. The fraction of sp³-hybridized carbons (Fsp3) is 0.231. The molecule has 0 aliphatic rings. The quantitative estimate of drug-likeness (QED) is 0.745. The van der Waals surface area contributed by atoms with E-state index in [-0.39, 0.29) is 5.78 Å². The van der Waals surface area contributed by atoms with E-state index >= 15 is 0 Å². The number of methoxy groups -OCH3 is 1. The first-order chi connectivity index (χ1) is 7.76. The van der Waals surface area contributed by atoms with Crippen molar-refractivity contribution in [2.75, 3.05) is 7.11 Å². The van der Waals surface area contributed by atoms with Gasteiger partial charge in [-0.2, -0.15) is 0 Å². The van der Waals surface area contributed by atoms with E-state index in [2.05, 4.69) is 0 Å². The van der Waals surface area contributed by atoms with Gasteiger partial charge in [0, 0.05) is 6.42 Å². The van der Waals surface area contributed by atoms with E-state index in [4.69, 9.17) is 10.1 Å². The van der Waals surface area contributed by atoms with Gasteiger partial charge in [0.05, 0.1) is 13.3 Å². The van der Waals surface area contributed by atoms with Gasteiger partial charge in [-0.25, -0.2) is 0 Å². The van der Waals surface area contributed by atoms with Gasteiger partial charge in [0.1, 0.15) is 5.75 Å². The van der Waals surface area contributed by atoms with Crippen LogP contribution >= 0.6 is 0 Å². The second-order valence-corrected chi connectivity index (χ2v) is 3.32. The number of benzene rings is 1. The van der Waals surface area contributed by atoms with E-state index in [1.54, 1.807) is 7.11 Å². The minimum absolute atomic E-state index is 0.139. The van der Waals surface area contributed by atoms with E-state index in [0.29, 0.717) is 12.8 Å². The lowest BCUT2D eigenvalue weighted by Crippen LogP contribution is -1.95. The molecule has 0 bridgehead atoms. The third-order valence-electron chi connectivity index (χ3n) is 2.14. The fourth-order valence-electron chi connectivity index (χ4n) is 1.23. The van der Waals surface area contributed by atoms with Crippen molar-refractivity contribution in [2.24, 2.45) is 0 Å². The Balaban J connectivity index is 2.43. The number of carbonyl (C=O) groups is 1. The molecule has 0 atom stereocenters. The smallest absolute Gasteiger partial charge is 0.173 e. The normalized spacial score (nSPS) is 10.3.